The largest absolute Gasteiger partial charge is 0.365 e. The second-order valence-corrected chi connectivity index (χ2v) is 14.9. The molecule has 0 spiro atoms. The number of β-amino-alcohol motifs (C(OH)–C–C–N with tert-alkyl or cyclic N) is 1. The summed E-state index contributed by atoms with van der Waals surface area (Å²) in [7, 11) is 0. The van der Waals surface area contributed by atoms with Gasteiger partial charge in [0.05, 0.1) is 23.6 Å². The molecule has 0 radical (unpaired) electrons. The third kappa shape index (κ3) is 7.94. The third-order valence-corrected chi connectivity index (χ3v) is 10.3. The maximum atomic E-state index is 13.4. The smallest absolute Gasteiger partial charge is 0.337 e. The summed E-state index contributed by atoms with van der Waals surface area (Å²) in [6, 6.07) is 43.6. The number of urea groups is 1. The molecule has 1 unspecified atom stereocenters. The standard InChI is InChI=1S/C22H18Cl2N2O2.C22H16Cl2N2O/c1-15-3-2-4-16(13-15)22(28)14-25(19-9-5-17(23)6-10-19)21(27)26(22)20-11-7-18(24)8-12-20;1-15-3-2-4-16(13-15)21-14-25(19-9-5-17(23)6-10-19)22(27)26(21)20-11-7-18(24)8-12-20/h2-13,28H,14H2,1H3;2-14H,1H3. The molecular formula is C44H34Cl4N4O3. The lowest BCUT2D eigenvalue weighted by atomic mass is 9.99. The van der Waals surface area contributed by atoms with Crippen molar-refractivity contribution in [3.05, 3.63) is 199 Å². The van der Waals surface area contributed by atoms with Crippen LogP contribution in [0.3, 0.4) is 0 Å². The Labute approximate surface area is 338 Å². The van der Waals surface area contributed by atoms with Gasteiger partial charge in [-0.3, -0.25) is 18.9 Å². The number of rotatable bonds is 6. The van der Waals surface area contributed by atoms with E-state index in [2.05, 4.69) is 6.07 Å². The number of hydrogen-bond acceptors (Lipinski definition) is 3. The minimum atomic E-state index is -1.53. The van der Waals surface area contributed by atoms with Crippen molar-refractivity contribution < 1.29 is 9.90 Å². The molecule has 7 nitrogen and oxygen atoms in total. The van der Waals surface area contributed by atoms with Crippen LogP contribution in [0.25, 0.3) is 22.6 Å². The summed E-state index contributed by atoms with van der Waals surface area (Å²) in [6.07, 6.45) is 1.86. The summed E-state index contributed by atoms with van der Waals surface area (Å²) >= 11 is 24.0. The van der Waals surface area contributed by atoms with Gasteiger partial charge in [-0.05, 0) is 117 Å². The number of aromatic nitrogens is 2. The van der Waals surface area contributed by atoms with Crippen LogP contribution in [-0.2, 0) is 5.72 Å². The fourth-order valence-electron chi connectivity index (χ4n) is 6.57. The zero-order valence-corrected chi connectivity index (χ0v) is 32.7. The van der Waals surface area contributed by atoms with Crippen LogP contribution >= 0.6 is 46.4 Å². The van der Waals surface area contributed by atoms with Crippen molar-refractivity contribution in [3.8, 4) is 22.6 Å². The molecule has 0 saturated carbocycles. The Morgan fingerprint density at radius 2 is 1.04 bits per heavy atom. The lowest BCUT2D eigenvalue weighted by Crippen LogP contribution is -2.44. The first-order valence-electron chi connectivity index (χ1n) is 17.3. The summed E-state index contributed by atoms with van der Waals surface area (Å²) < 4.78 is 3.32. The third-order valence-electron chi connectivity index (χ3n) is 9.27. The van der Waals surface area contributed by atoms with E-state index in [1.165, 1.54) is 4.90 Å². The van der Waals surface area contributed by atoms with E-state index in [1.807, 2.05) is 86.8 Å². The first kappa shape index (κ1) is 38.0. The number of hydrogen-bond donors (Lipinski definition) is 1. The van der Waals surface area contributed by atoms with Gasteiger partial charge in [-0.1, -0.05) is 100.0 Å². The number of benzene rings is 6. The fraction of sp³-hybridized carbons (Fsp3) is 0.0909. The summed E-state index contributed by atoms with van der Waals surface area (Å²) in [5.41, 5.74) is 5.60. The van der Waals surface area contributed by atoms with E-state index in [0.717, 1.165) is 33.8 Å². The number of aliphatic hydroxyl groups is 1. The predicted molar refractivity (Wildman–Crippen MR) is 225 cm³/mol. The van der Waals surface area contributed by atoms with Gasteiger partial charge >= 0.3 is 11.7 Å². The lowest BCUT2D eigenvalue weighted by molar-refractivity contribution is 0.0655. The molecular weight excluding hydrogens is 774 g/mol. The van der Waals surface area contributed by atoms with Crippen LogP contribution in [0.15, 0.2) is 157 Å². The average Bonchev–Trinajstić information content (AvgIpc) is 3.66. The van der Waals surface area contributed by atoms with Crippen molar-refractivity contribution in [1.82, 2.24) is 9.13 Å². The monoisotopic (exact) mass is 806 g/mol. The molecule has 1 fully saturated rings. The van der Waals surface area contributed by atoms with Crippen LogP contribution < -0.4 is 15.5 Å². The van der Waals surface area contributed by atoms with Gasteiger partial charge in [-0.2, -0.15) is 0 Å². The molecule has 1 saturated heterocycles. The van der Waals surface area contributed by atoms with Gasteiger partial charge in [0.1, 0.15) is 0 Å². The SMILES string of the molecule is Cc1cccc(-c2cn(-c3ccc(Cl)cc3)c(=O)n2-c2ccc(Cl)cc2)c1.Cc1cccc(C2(O)CN(c3ccc(Cl)cc3)C(=O)N2c2ccc(Cl)cc2)c1. The molecule has 2 amide bonds. The minimum Gasteiger partial charge on any atom is -0.365 e. The van der Waals surface area contributed by atoms with E-state index in [1.54, 1.807) is 86.8 Å². The second kappa shape index (κ2) is 15.8. The van der Waals surface area contributed by atoms with Crippen molar-refractivity contribution in [1.29, 1.82) is 0 Å². The number of carbonyl (C=O) groups excluding carboxylic acids is 1. The van der Waals surface area contributed by atoms with Gasteiger partial charge in [0.25, 0.3) is 0 Å². The van der Waals surface area contributed by atoms with Gasteiger partial charge in [-0.15, -0.1) is 0 Å². The van der Waals surface area contributed by atoms with Crippen molar-refractivity contribution in [2.24, 2.45) is 0 Å². The van der Waals surface area contributed by atoms with Gasteiger partial charge in [0.15, 0.2) is 5.72 Å². The highest BCUT2D eigenvalue weighted by molar-refractivity contribution is 6.31. The highest BCUT2D eigenvalue weighted by atomic mass is 35.5. The molecule has 11 heteroatoms. The molecule has 6 aromatic carbocycles. The van der Waals surface area contributed by atoms with Crippen molar-refractivity contribution in [2.75, 3.05) is 16.3 Å². The van der Waals surface area contributed by atoms with Gasteiger partial charge < -0.3 is 5.11 Å². The summed E-state index contributed by atoms with van der Waals surface area (Å²) in [6.45, 7) is 4.07. The van der Waals surface area contributed by atoms with Crippen molar-refractivity contribution >= 4 is 63.8 Å². The Morgan fingerprint density at radius 3 is 1.56 bits per heavy atom. The molecule has 7 aromatic rings. The maximum absolute atomic E-state index is 13.4. The molecule has 276 valence electrons. The van der Waals surface area contributed by atoms with E-state index >= 15 is 0 Å². The van der Waals surface area contributed by atoms with Crippen LogP contribution in [0.1, 0.15) is 16.7 Å². The van der Waals surface area contributed by atoms with E-state index in [4.69, 9.17) is 46.4 Å². The predicted octanol–water partition coefficient (Wildman–Crippen LogP) is 11.5. The van der Waals surface area contributed by atoms with Crippen LogP contribution in [0, 0.1) is 13.8 Å². The maximum Gasteiger partial charge on any atom is 0.337 e. The van der Waals surface area contributed by atoms with E-state index in [9.17, 15) is 14.7 Å². The molecule has 1 aromatic heterocycles. The second-order valence-electron chi connectivity index (χ2n) is 13.2. The van der Waals surface area contributed by atoms with E-state index < -0.39 is 5.72 Å². The van der Waals surface area contributed by atoms with Crippen LogP contribution in [0.4, 0.5) is 16.2 Å². The van der Waals surface area contributed by atoms with Gasteiger partial charge in [0.2, 0.25) is 0 Å². The molecule has 55 heavy (non-hydrogen) atoms. The number of amides is 2. The van der Waals surface area contributed by atoms with Gasteiger partial charge in [-0.25, -0.2) is 9.59 Å². The van der Waals surface area contributed by atoms with Crippen molar-refractivity contribution in [3.63, 3.8) is 0 Å². The fourth-order valence-corrected chi connectivity index (χ4v) is 7.07. The molecule has 2 heterocycles. The summed E-state index contributed by atoms with van der Waals surface area (Å²) in [5, 5.41) is 14.1. The average molecular weight is 809 g/mol. The number of nitrogens with zero attached hydrogens (tertiary/aromatic N) is 4. The molecule has 1 aliphatic heterocycles. The number of imidazole rings is 1. The summed E-state index contributed by atoms with van der Waals surface area (Å²) in [4.78, 5) is 29.6. The number of carbonyl (C=O) groups is 1. The topological polar surface area (TPSA) is 70.7 Å². The summed E-state index contributed by atoms with van der Waals surface area (Å²) in [5.74, 6) is 0. The Bertz CT molecular complexity index is 2530. The van der Waals surface area contributed by atoms with Crippen LogP contribution in [0.5, 0.6) is 0 Å². The highest BCUT2D eigenvalue weighted by Gasteiger charge is 2.51. The number of halogens is 4. The number of anilines is 2. The molecule has 1 aliphatic rings. The Hall–Kier alpha value is -5.28. The van der Waals surface area contributed by atoms with Crippen LogP contribution in [-0.4, -0.2) is 26.8 Å². The molecule has 1 atom stereocenters. The normalized spacial score (nSPS) is 15.2. The quantitative estimate of drug-likeness (QED) is 0.182. The number of aryl methyl sites for hydroxylation is 2. The zero-order chi connectivity index (χ0) is 38.9. The highest BCUT2D eigenvalue weighted by Crippen LogP contribution is 2.40. The van der Waals surface area contributed by atoms with Gasteiger partial charge in [0, 0.05) is 48.8 Å². The Kier molecular flexibility index (Phi) is 10.9. The first-order chi connectivity index (χ1) is 26.4. The van der Waals surface area contributed by atoms with Crippen LogP contribution in [0.2, 0.25) is 20.1 Å². The minimum absolute atomic E-state index is 0.0829. The Balaban J connectivity index is 0.000000169. The lowest BCUT2D eigenvalue weighted by Gasteiger charge is -2.32. The Morgan fingerprint density at radius 1 is 0.564 bits per heavy atom. The van der Waals surface area contributed by atoms with E-state index in [0.29, 0.717) is 37.0 Å². The first-order valence-corrected chi connectivity index (χ1v) is 18.8. The molecule has 0 bridgehead atoms. The van der Waals surface area contributed by atoms with Crippen molar-refractivity contribution in [2.45, 2.75) is 19.6 Å². The molecule has 0 aliphatic carbocycles. The molecule has 1 N–H and O–H groups in total. The zero-order valence-electron chi connectivity index (χ0n) is 29.7. The van der Waals surface area contributed by atoms with E-state index in [-0.39, 0.29) is 18.3 Å². The molecule has 8 rings (SSSR count).